The molecule has 1 aromatic carbocycles. The number of hydrogen-bond donors (Lipinski definition) is 2. The van der Waals surface area contributed by atoms with Crippen molar-refractivity contribution in [2.75, 3.05) is 11.9 Å². The Morgan fingerprint density at radius 2 is 2.20 bits per heavy atom. The van der Waals surface area contributed by atoms with E-state index in [0.717, 1.165) is 23.1 Å². The number of anilines is 2. The Kier molecular flexibility index (Phi) is 5.39. The van der Waals surface area contributed by atoms with E-state index in [1.165, 1.54) is 0 Å². The maximum absolute atomic E-state index is 6.03. The predicted octanol–water partition coefficient (Wildman–Crippen LogP) is 4.29. The average molecular weight is 360 g/mol. The van der Waals surface area contributed by atoms with Crippen LogP contribution in [-0.2, 0) is 0 Å². The number of benzene rings is 1. The molecule has 7 heteroatoms. The van der Waals surface area contributed by atoms with E-state index in [1.807, 2.05) is 19.1 Å². The summed E-state index contributed by atoms with van der Waals surface area (Å²) in [6.45, 7) is 5.01. The molecule has 5 nitrogen and oxygen atoms in total. The molecule has 1 unspecified atom stereocenters. The van der Waals surface area contributed by atoms with E-state index in [0.29, 0.717) is 16.9 Å². The van der Waals surface area contributed by atoms with Gasteiger partial charge in [-0.15, -0.1) is 5.10 Å². The van der Waals surface area contributed by atoms with Crippen LogP contribution >= 0.6 is 27.5 Å². The largest absolute Gasteiger partial charge is 0.406 e. The highest BCUT2D eigenvalue weighted by atomic mass is 79.9. The summed E-state index contributed by atoms with van der Waals surface area (Å²) in [7, 11) is 0. The third-order valence-corrected chi connectivity index (χ3v) is 3.91. The van der Waals surface area contributed by atoms with Gasteiger partial charge in [0.05, 0.1) is 11.1 Å². The first kappa shape index (κ1) is 15.3. The van der Waals surface area contributed by atoms with E-state index in [9.17, 15) is 0 Å². The fourth-order valence-electron chi connectivity index (χ4n) is 1.61. The van der Waals surface area contributed by atoms with Crippen molar-refractivity contribution in [3.8, 4) is 0 Å². The summed E-state index contributed by atoms with van der Waals surface area (Å²) < 4.78 is 6.41. The highest BCUT2D eigenvalue weighted by Gasteiger charge is 2.13. The topological polar surface area (TPSA) is 63.0 Å². The van der Waals surface area contributed by atoms with Crippen molar-refractivity contribution in [2.45, 2.75) is 26.3 Å². The molecule has 0 amide bonds. The number of aromatic nitrogens is 2. The van der Waals surface area contributed by atoms with Gasteiger partial charge in [0.2, 0.25) is 5.89 Å². The lowest BCUT2D eigenvalue weighted by atomic mass is 10.3. The minimum atomic E-state index is 0.0338. The molecule has 1 heterocycles. The normalized spacial score (nSPS) is 12.4. The van der Waals surface area contributed by atoms with Crippen molar-refractivity contribution in [1.82, 2.24) is 15.5 Å². The van der Waals surface area contributed by atoms with E-state index < -0.39 is 0 Å². The van der Waals surface area contributed by atoms with Gasteiger partial charge in [-0.1, -0.05) is 23.6 Å². The standard InChI is InChI=1S/C13H16BrClN4O/c1-3-6-16-8(2)12-18-19-13(20-12)17-9-4-5-10(14)11(15)7-9/h4-5,7-8,16H,3,6H2,1-2H3,(H,17,19). The Morgan fingerprint density at radius 3 is 2.90 bits per heavy atom. The molecule has 1 atom stereocenters. The molecule has 0 saturated heterocycles. The second-order valence-electron chi connectivity index (χ2n) is 4.38. The first-order valence-electron chi connectivity index (χ1n) is 6.39. The van der Waals surface area contributed by atoms with Crippen LogP contribution in [-0.4, -0.2) is 16.7 Å². The molecule has 0 aliphatic rings. The van der Waals surface area contributed by atoms with Gasteiger partial charge >= 0.3 is 6.01 Å². The van der Waals surface area contributed by atoms with Crippen molar-refractivity contribution >= 4 is 39.2 Å². The first-order chi connectivity index (χ1) is 9.60. The van der Waals surface area contributed by atoms with Crippen LogP contribution < -0.4 is 10.6 Å². The van der Waals surface area contributed by atoms with Crippen molar-refractivity contribution in [3.63, 3.8) is 0 Å². The first-order valence-corrected chi connectivity index (χ1v) is 7.56. The number of halogens is 2. The quantitative estimate of drug-likeness (QED) is 0.805. The minimum absolute atomic E-state index is 0.0338. The molecule has 108 valence electrons. The molecule has 1 aromatic heterocycles. The SMILES string of the molecule is CCCNC(C)c1nnc(Nc2ccc(Br)c(Cl)c2)o1. The molecule has 0 aliphatic heterocycles. The van der Waals surface area contributed by atoms with E-state index in [2.05, 4.69) is 43.7 Å². The summed E-state index contributed by atoms with van der Waals surface area (Å²) in [4.78, 5) is 0. The molecule has 2 rings (SSSR count). The molecule has 0 spiro atoms. The van der Waals surface area contributed by atoms with Crippen LogP contribution in [0.25, 0.3) is 0 Å². The summed E-state index contributed by atoms with van der Waals surface area (Å²) in [6.07, 6.45) is 1.06. The highest BCUT2D eigenvalue weighted by molar-refractivity contribution is 9.10. The number of nitrogens with one attached hydrogen (secondary N) is 2. The van der Waals surface area contributed by atoms with Crippen molar-refractivity contribution < 1.29 is 4.42 Å². The van der Waals surface area contributed by atoms with Crippen molar-refractivity contribution in [2.24, 2.45) is 0 Å². The molecule has 2 aromatic rings. The maximum Gasteiger partial charge on any atom is 0.320 e. The zero-order chi connectivity index (χ0) is 14.5. The van der Waals surface area contributed by atoms with Crippen LogP contribution in [0.2, 0.25) is 5.02 Å². The van der Waals surface area contributed by atoms with Gasteiger partial charge in [0.1, 0.15) is 0 Å². The van der Waals surface area contributed by atoms with Gasteiger partial charge in [-0.3, -0.25) is 0 Å². The zero-order valence-corrected chi connectivity index (χ0v) is 13.6. The second-order valence-corrected chi connectivity index (χ2v) is 5.64. The lowest BCUT2D eigenvalue weighted by molar-refractivity contribution is 0.424. The lowest BCUT2D eigenvalue weighted by Crippen LogP contribution is -2.19. The number of rotatable bonds is 6. The fraction of sp³-hybridized carbons (Fsp3) is 0.385. The molecule has 2 N–H and O–H groups in total. The Morgan fingerprint density at radius 1 is 1.40 bits per heavy atom. The fourth-order valence-corrected chi connectivity index (χ4v) is 2.03. The molecule has 0 radical (unpaired) electrons. The third kappa shape index (κ3) is 3.94. The van der Waals surface area contributed by atoms with Gasteiger partial charge in [0, 0.05) is 10.2 Å². The summed E-state index contributed by atoms with van der Waals surface area (Å²) in [5, 5.41) is 14.9. The monoisotopic (exact) mass is 358 g/mol. The molecule has 0 saturated carbocycles. The van der Waals surface area contributed by atoms with Gasteiger partial charge in [0.25, 0.3) is 0 Å². The summed E-state index contributed by atoms with van der Waals surface area (Å²) in [6, 6.07) is 5.90. The van der Waals surface area contributed by atoms with Crippen molar-refractivity contribution in [3.05, 3.63) is 33.6 Å². The Balaban J connectivity index is 2.03. The van der Waals surface area contributed by atoms with Gasteiger partial charge < -0.3 is 15.1 Å². The minimum Gasteiger partial charge on any atom is -0.406 e. The molecule has 0 bridgehead atoms. The summed E-state index contributed by atoms with van der Waals surface area (Å²) in [5.41, 5.74) is 0.794. The van der Waals surface area contributed by atoms with Crippen LogP contribution in [0.1, 0.15) is 32.2 Å². The van der Waals surface area contributed by atoms with Gasteiger partial charge in [0.15, 0.2) is 0 Å². The van der Waals surface area contributed by atoms with Crippen LogP contribution in [0.3, 0.4) is 0 Å². The third-order valence-electron chi connectivity index (χ3n) is 2.68. The molecule has 0 aliphatic carbocycles. The Bertz CT molecular complexity index is 575. The van der Waals surface area contributed by atoms with Gasteiger partial charge in [-0.05, 0) is 54.0 Å². The Labute approximate surface area is 131 Å². The Hall–Kier alpha value is -1.11. The van der Waals surface area contributed by atoms with Crippen LogP contribution in [0.15, 0.2) is 27.1 Å². The summed E-state index contributed by atoms with van der Waals surface area (Å²) >= 11 is 9.37. The lowest BCUT2D eigenvalue weighted by Gasteiger charge is -2.07. The molecular formula is C13H16BrClN4O. The molecule has 0 fully saturated rings. The van der Waals surface area contributed by atoms with Crippen LogP contribution in [0.5, 0.6) is 0 Å². The van der Waals surface area contributed by atoms with E-state index >= 15 is 0 Å². The molecular weight excluding hydrogens is 344 g/mol. The predicted molar refractivity (Wildman–Crippen MR) is 83.4 cm³/mol. The second kappa shape index (κ2) is 7.06. The number of nitrogens with zero attached hydrogens (tertiary/aromatic N) is 2. The van der Waals surface area contributed by atoms with E-state index in [-0.39, 0.29) is 6.04 Å². The smallest absolute Gasteiger partial charge is 0.320 e. The highest BCUT2D eigenvalue weighted by Crippen LogP contribution is 2.27. The zero-order valence-electron chi connectivity index (χ0n) is 11.3. The van der Waals surface area contributed by atoms with Crippen LogP contribution in [0, 0.1) is 0 Å². The summed E-state index contributed by atoms with van der Waals surface area (Å²) in [5.74, 6) is 0.559. The number of hydrogen-bond acceptors (Lipinski definition) is 5. The van der Waals surface area contributed by atoms with Crippen LogP contribution in [0.4, 0.5) is 11.7 Å². The van der Waals surface area contributed by atoms with E-state index in [1.54, 1.807) is 6.07 Å². The maximum atomic E-state index is 6.03. The average Bonchev–Trinajstić information content (AvgIpc) is 2.89. The van der Waals surface area contributed by atoms with Gasteiger partial charge in [-0.2, -0.15) is 0 Å². The molecule has 20 heavy (non-hydrogen) atoms. The van der Waals surface area contributed by atoms with Gasteiger partial charge in [-0.25, -0.2) is 0 Å². The van der Waals surface area contributed by atoms with Crippen molar-refractivity contribution in [1.29, 1.82) is 0 Å². The van der Waals surface area contributed by atoms with E-state index in [4.69, 9.17) is 16.0 Å².